The second kappa shape index (κ2) is 63.4. The Bertz CT molecular complexity index is 3080. The molecule has 0 bridgehead atoms. The van der Waals surface area contributed by atoms with Gasteiger partial charge in [0.25, 0.3) is 0 Å². The fourth-order valence-corrected chi connectivity index (χ4v) is 12.7. The van der Waals surface area contributed by atoms with Gasteiger partial charge in [0, 0.05) is 110 Å². The van der Waals surface area contributed by atoms with Gasteiger partial charge in [-0.1, -0.05) is 71.9 Å². The molecule has 0 saturated heterocycles. The molecule has 0 fully saturated rings. The molecule has 114 heavy (non-hydrogen) atoms. The van der Waals surface area contributed by atoms with Crippen molar-refractivity contribution >= 4 is 136 Å². The van der Waals surface area contributed by atoms with Crippen molar-refractivity contribution in [1.29, 1.82) is 5.41 Å². The average molecular weight is 1690 g/mol. The summed E-state index contributed by atoms with van der Waals surface area (Å²) in [5.41, 5.74) is 16.8. The van der Waals surface area contributed by atoms with Gasteiger partial charge in [-0.3, -0.25) is 72.5 Å². The summed E-state index contributed by atoms with van der Waals surface area (Å²) in [5, 5.41) is 36.2. The maximum Gasteiger partial charge on any atom is 0.304 e. The van der Waals surface area contributed by atoms with E-state index in [1.807, 2.05) is 41.5 Å². The molecule has 0 aliphatic rings. The molecule has 648 valence electrons. The number of carbonyl (C=O) groups is 14. The van der Waals surface area contributed by atoms with Crippen LogP contribution >= 0.6 is 47.8 Å². The van der Waals surface area contributed by atoms with E-state index in [9.17, 15) is 72.2 Å². The summed E-state index contributed by atoms with van der Waals surface area (Å²) in [6.45, 7) is 13.9. The first kappa shape index (κ1) is 105. The van der Waals surface area contributed by atoms with Crippen molar-refractivity contribution in [3.05, 3.63) is 35.9 Å². The largest absolute Gasteiger partial charge is 0.481 e. The molecule has 0 aliphatic heterocycles. The molecular formula is C76H126ClN11O23S3. The first-order valence-electron chi connectivity index (χ1n) is 38.4. The van der Waals surface area contributed by atoms with Gasteiger partial charge in [-0.05, 0) is 69.9 Å². The van der Waals surface area contributed by atoms with E-state index in [0.29, 0.717) is 83.9 Å². The highest BCUT2D eigenvalue weighted by Crippen LogP contribution is 2.27. The maximum atomic E-state index is 14.6. The van der Waals surface area contributed by atoms with Crippen molar-refractivity contribution in [3.8, 4) is 0 Å². The van der Waals surface area contributed by atoms with Gasteiger partial charge < -0.3 is 97.4 Å². The predicted molar refractivity (Wildman–Crippen MR) is 435 cm³/mol. The summed E-state index contributed by atoms with van der Waals surface area (Å²) in [7, 11) is 0. The van der Waals surface area contributed by atoms with Crippen molar-refractivity contribution < 1.29 is 110 Å². The topological polar surface area (TPSA) is 519 Å². The van der Waals surface area contributed by atoms with E-state index in [2.05, 4.69) is 49.8 Å². The number of guanidine groups is 1. The lowest BCUT2D eigenvalue weighted by molar-refractivity contribution is -0.142. The molecule has 0 heterocycles. The number of alkyl halides is 1. The Kier molecular flexibility index (Phi) is 58.5. The lowest BCUT2D eigenvalue weighted by atomic mass is 9.90. The predicted octanol–water partition coefficient (Wildman–Crippen LogP) is 1.89. The van der Waals surface area contributed by atoms with E-state index >= 15 is 0 Å². The normalized spacial score (nSPS) is 13.3. The third-order valence-electron chi connectivity index (χ3n) is 16.4. The summed E-state index contributed by atoms with van der Waals surface area (Å²) in [4.78, 5) is 184. The van der Waals surface area contributed by atoms with Gasteiger partial charge in [0.05, 0.1) is 96.5 Å². The van der Waals surface area contributed by atoms with Crippen LogP contribution in [0.15, 0.2) is 30.3 Å². The Balaban J connectivity index is 2.82. The number of Topliss-reactive ketones (excluding diaryl/α,β-unsaturated/α-hetero) is 6. The summed E-state index contributed by atoms with van der Waals surface area (Å²) in [6, 6.07) is 4.30. The van der Waals surface area contributed by atoms with Gasteiger partial charge in [-0.15, -0.1) is 11.6 Å². The summed E-state index contributed by atoms with van der Waals surface area (Å²) >= 11 is 12.8. The summed E-state index contributed by atoms with van der Waals surface area (Å²) in [5.74, 6) is -13.1. The van der Waals surface area contributed by atoms with Crippen LogP contribution in [0.3, 0.4) is 0 Å². The van der Waals surface area contributed by atoms with E-state index in [1.54, 1.807) is 30.3 Å². The van der Waals surface area contributed by atoms with Crippen LogP contribution < -0.4 is 54.4 Å². The number of carbonyl (C=O) groups excluding carboxylic acids is 13. The number of nitrogens with two attached hydrogens (primary N) is 3. The van der Waals surface area contributed by atoms with Crippen LogP contribution in [0.2, 0.25) is 0 Å². The molecule has 1 aromatic carbocycles. The van der Waals surface area contributed by atoms with Crippen LogP contribution in [0.25, 0.3) is 0 Å². The van der Waals surface area contributed by atoms with E-state index in [1.165, 1.54) is 23.5 Å². The quantitative estimate of drug-likeness (QED) is 0.0146. The number of halogens is 1. The lowest BCUT2D eigenvalue weighted by Crippen LogP contribution is -2.53. The average Bonchev–Trinajstić information content (AvgIpc) is 0.863. The number of aliphatic carboxylic acids is 1. The number of ketones is 6. The zero-order valence-corrected chi connectivity index (χ0v) is 70.3. The number of nitrogens with one attached hydrogen (secondary N) is 8. The Labute approximate surface area is 688 Å². The number of primary amides is 1. The minimum atomic E-state index is -1.55. The van der Waals surface area contributed by atoms with Gasteiger partial charge in [0.1, 0.15) is 38.3 Å². The van der Waals surface area contributed by atoms with Crippen molar-refractivity contribution in [2.24, 2.45) is 35.0 Å². The Morgan fingerprint density at radius 1 is 0.474 bits per heavy atom. The molecule has 15 N–H and O–H groups in total. The van der Waals surface area contributed by atoms with E-state index in [0.717, 1.165) is 0 Å². The van der Waals surface area contributed by atoms with Crippen LogP contribution in [0.1, 0.15) is 143 Å². The number of ether oxygens (including phenoxy) is 8. The highest BCUT2D eigenvalue weighted by molar-refractivity contribution is 8.00. The Hall–Kier alpha value is -6.75. The number of hydrogen-bond donors (Lipinski definition) is 13. The molecule has 0 aromatic heterocycles. The molecule has 0 saturated carbocycles. The number of thiol groups is 1. The maximum absolute atomic E-state index is 14.6. The van der Waals surface area contributed by atoms with Gasteiger partial charge in [-0.25, -0.2) is 0 Å². The minimum Gasteiger partial charge on any atom is -0.481 e. The van der Waals surface area contributed by atoms with E-state index in [-0.39, 0.29) is 169 Å². The molecule has 0 unspecified atom stereocenters. The van der Waals surface area contributed by atoms with Crippen LogP contribution in [-0.2, 0) is 111 Å². The van der Waals surface area contributed by atoms with Crippen molar-refractivity contribution in [2.45, 2.75) is 178 Å². The molecule has 7 atom stereocenters. The van der Waals surface area contributed by atoms with Crippen LogP contribution in [-0.4, -0.2) is 282 Å². The smallest absolute Gasteiger partial charge is 0.304 e. The number of hydrogen-bond acceptors (Lipinski definition) is 27. The number of carboxylic acids is 1. The minimum absolute atomic E-state index is 0.0184. The molecule has 34 nitrogen and oxygen atoms in total. The molecule has 7 amide bonds. The number of unbranched alkanes of at least 4 members (excludes halogenated alkanes) is 1. The zero-order valence-electron chi connectivity index (χ0n) is 67.0. The number of carboxylic acid groups (broad SMARTS) is 1. The number of thioether (sulfide) groups is 2. The molecular weight excluding hydrogens is 1570 g/mol. The third-order valence-corrected chi connectivity index (χ3v) is 19.7. The fraction of sp³-hybridized carbons (Fsp3) is 0.724. The van der Waals surface area contributed by atoms with Gasteiger partial charge in [0.15, 0.2) is 40.7 Å². The summed E-state index contributed by atoms with van der Waals surface area (Å²) in [6.07, 6.45) is 0.846. The Morgan fingerprint density at radius 3 is 1.46 bits per heavy atom. The van der Waals surface area contributed by atoms with Crippen LogP contribution in [0, 0.1) is 23.2 Å². The second-order valence-corrected chi connectivity index (χ2v) is 33.1. The summed E-state index contributed by atoms with van der Waals surface area (Å²) < 4.78 is 42.3. The second-order valence-electron chi connectivity index (χ2n) is 28.7. The standard InChI is InChI=1S/C76H126ClN11O23S3/c1-75(2,3)113-50-61(87-72(102)55(42-69(98)99)39-58(91)44-84-70(100)53(18-12-24-83-74(80)81)40-64(93)62(51-114-76(4,5)6)88-73(103)59(21-10-11-23-78)85-67(96)43-77)65(94)41-54(38-52-16-8-7-9-17-52)71(101)86-60(49-112)63(92)22-15-28-106-32-36-108-34-30-104-26-13-19-56(89)45-110-46-57(90)20-14-27-105-31-35-109-37-33-107-29-25-82-68(97)48-111-47-66(79)95/h7-9,16-17,53-55,59-62,112H,10-15,18-51,78H2,1-6H3,(H2,79,95)(H,82,97)(H,84,100)(H,85,96)(H,86,101)(H,87,102)(H,88,103)(H,98,99)(H4,80,81,83)/t53-,54-,55+,59+,60+,61+,62+/m1/s1. The van der Waals surface area contributed by atoms with Crippen molar-refractivity contribution in [1.82, 2.24) is 37.2 Å². The molecule has 38 heteroatoms. The number of amides is 7. The van der Waals surface area contributed by atoms with E-state index < -0.39 is 149 Å². The van der Waals surface area contributed by atoms with Crippen molar-refractivity contribution in [2.75, 3.05) is 155 Å². The number of rotatable bonds is 72. The molecule has 0 aliphatic carbocycles. The lowest BCUT2D eigenvalue weighted by Gasteiger charge is -2.27. The zero-order chi connectivity index (χ0) is 85.1. The van der Waals surface area contributed by atoms with Gasteiger partial charge >= 0.3 is 5.97 Å². The highest BCUT2D eigenvalue weighted by Gasteiger charge is 2.36. The molecule has 1 rings (SSSR count). The van der Waals surface area contributed by atoms with Crippen LogP contribution in [0.5, 0.6) is 0 Å². The van der Waals surface area contributed by atoms with Crippen LogP contribution in [0.4, 0.5) is 0 Å². The van der Waals surface area contributed by atoms with Gasteiger partial charge in [0.2, 0.25) is 41.4 Å². The Morgan fingerprint density at radius 2 is 0.965 bits per heavy atom. The fourth-order valence-electron chi connectivity index (χ4n) is 10.5. The van der Waals surface area contributed by atoms with Gasteiger partial charge in [-0.2, -0.15) is 36.2 Å². The molecule has 1 aromatic rings. The first-order chi connectivity index (χ1) is 54.2. The van der Waals surface area contributed by atoms with Crippen molar-refractivity contribution in [3.63, 3.8) is 0 Å². The molecule has 0 radical (unpaired) electrons. The van der Waals surface area contributed by atoms with E-state index in [4.69, 9.17) is 72.1 Å². The highest BCUT2D eigenvalue weighted by atomic mass is 35.5. The monoisotopic (exact) mass is 1690 g/mol. The molecule has 0 spiro atoms. The number of benzene rings is 1. The SMILES string of the molecule is CC(C)(C)SC[C@H](NC(=O)[C@H](CC(=O)O)CC(=O)CNC(=O)[C@H](CCCNC(=N)N)CC(=O)[C@H](CSC(C)(C)C)NC(=O)[C@H](CCCCN)NC(=O)CCl)C(=O)C[C@@H](Cc1ccccc1)C(=O)N[C@@H](CS)C(=O)CCCOCCOCCOCCCC(=O)COCC(=O)CCCOCCOCCOCCNC(=O)COCC(N)=O. The third kappa shape index (κ3) is 56.5. The first-order valence-corrected chi connectivity index (χ1v) is 41.6.